The highest BCUT2D eigenvalue weighted by molar-refractivity contribution is 5.94. The summed E-state index contributed by atoms with van der Waals surface area (Å²) in [5.74, 6) is 0.922. The number of likely N-dealkylation sites (tertiary alicyclic amines) is 1. The van der Waals surface area contributed by atoms with Crippen molar-refractivity contribution in [2.75, 3.05) is 45.9 Å². The summed E-state index contributed by atoms with van der Waals surface area (Å²) < 4.78 is 5.42. The Morgan fingerprint density at radius 2 is 1.83 bits per heavy atom. The maximum absolute atomic E-state index is 12.8. The van der Waals surface area contributed by atoms with E-state index in [2.05, 4.69) is 22.3 Å². The fraction of sp³-hybridized carbons (Fsp3) is 0.632. The summed E-state index contributed by atoms with van der Waals surface area (Å²) in [4.78, 5) is 17.3. The van der Waals surface area contributed by atoms with Crippen molar-refractivity contribution in [3.05, 3.63) is 34.9 Å². The van der Waals surface area contributed by atoms with E-state index in [9.17, 15) is 4.79 Å². The van der Waals surface area contributed by atoms with Gasteiger partial charge in [0.05, 0.1) is 13.2 Å². The molecule has 3 aliphatic rings. The molecule has 0 radical (unpaired) electrons. The van der Waals surface area contributed by atoms with Crippen LogP contribution in [0.3, 0.4) is 0 Å². The van der Waals surface area contributed by atoms with E-state index in [0.717, 1.165) is 83.4 Å². The molecule has 1 amide bonds. The molecule has 0 atom stereocenters. The van der Waals surface area contributed by atoms with E-state index in [-0.39, 0.29) is 5.91 Å². The van der Waals surface area contributed by atoms with Gasteiger partial charge in [0.1, 0.15) is 0 Å². The SMILES string of the molecule is O=C(c1ccc2c(c1)CNC2)N1CCC(CN2CCOCC2)CC1. The Morgan fingerprint density at radius 3 is 2.62 bits per heavy atom. The standard InChI is InChI=1S/C19H27N3O2/c23-19(16-1-2-17-12-20-13-18(17)11-16)22-5-3-15(4-6-22)14-21-7-9-24-10-8-21/h1-2,11,15,20H,3-10,12-14H2. The number of fused-ring (bicyclic) bond motifs is 1. The van der Waals surface area contributed by atoms with Crippen molar-refractivity contribution in [2.45, 2.75) is 25.9 Å². The van der Waals surface area contributed by atoms with Crippen molar-refractivity contribution in [3.63, 3.8) is 0 Å². The highest BCUT2D eigenvalue weighted by Gasteiger charge is 2.26. The number of piperidine rings is 1. The topological polar surface area (TPSA) is 44.8 Å². The van der Waals surface area contributed by atoms with E-state index in [1.807, 2.05) is 11.0 Å². The number of nitrogens with zero attached hydrogens (tertiary/aromatic N) is 2. The van der Waals surface area contributed by atoms with Gasteiger partial charge in [-0.2, -0.15) is 0 Å². The molecule has 0 aromatic heterocycles. The predicted molar refractivity (Wildman–Crippen MR) is 92.9 cm³/mol. The molecule has 3 aliphatic heterocycles. The molecule has 130 valence electrons. The van der Waals surface area contributed by atoms with E-state index < -0.39 is 0 Å². The number of hydrogen-bond donors (Lipinski definition) is 1. The van der Waals surface area contributed by atoms with E-state index in [1.165, 1.54) is 11.1 Å². The molecule has 1 N–H and O–H groups in total. The van der Waals surface area contributed by atoms with Crippen molar-refractivity contribution < 1.29 is 9.53 Å². The number of amides is 1. The zero-order valence-corrected chi connectivity index (χ0v) is 14.3. The second-order valence-corrected chi connectivity index (χ2v) is 7.24. The Morgan fingerprint density at radius 1 is 1.08 bits per heavy atom. The van der Waals surface area contributed by atoms with Gasteiger partial charge < -0.3 is 15.0 Å². The Balaban J connectivity index is 1.31. The molecule has 0 bridgehead atoms. The summed E-state index contributed by atoms with van der Waals surface area (Å²) in [6.07, 6.45) is 2.24. The van der Waals surface area contributed by atoms with Gasteiger partial charge in [-0.25, -0.2) is 0 Å². The van der Waals surface area contributed by atoms with Crippen LogP contribution in [0.2, 0.25) is 0 Å². The first kappa shape index (κ1) is 16.1. The van der Waals surface area contributed by atoms with Crippen LogP contribution < -0.4 is 5.32 Å². The molecule has 2 saturated heterocycles. The van der Waals surface area contributed by atoms with Crippen LogP contribution in [0.5, 0.6) is 0 Å². The molecule has 0 aliphatic carbocycles. The molecule has 5 heteroatoms. The summed E-state index contributed by atoms with van der Waals surface area (Å²) in [6.45, 7) is 8.61. The van der Waals surface area contributed by atoms with Crippen molar-refractivity contribution in [3.8, 4) is 0 Å². The number of benzene rings is 1. The van der Waals surface area contributed by atoms with Gasteiger partial charge in [-0.15, -0.1) is 0 Å². The monoisotopic (exact) mass is 329 g/mol. The Bertz CT molecular complexity index is 590. The number of morpholine rings is 1. The lowest BCUT2D eigenvalue weighted by Crippen LogP contribution is -2.44. The van der Waals surface area contributed by atoms with Crippen molar-refractivity contribution >= 4 is 5.91 Å². The van der Waals surface area contributed by atoms with Crippen molar-refractivity contribution in [1.82, 2.24) is 15.1 Å². The summed E-state index contributed by atoms with van der Waals surface area (Å²) in [7, 11) is 0. The Hall–Kier alpha value is -1.43. The predicted octanol–water partition coefficient (Wildman–Crippen LogP) is 1.47. The van der Waals surface area contributed by atoms with Crippen molar-refractivity contribution in [1.29, 1.82) is 0 Å². The second-order valence-electron chi connectivity index (χ2n) is 7.24. The number of hydrogen-bond acceptors (Lipinski definition) is 4. The lowest BCUT2D eigenvalue weighted by Gasteiger charge is -2.36. The summed E-state index contributed by atoms with van der Waals surface area (Å²) >= 11 is 0. The van der Waals surface area contributed by atoms with E-state index in [1.54, 1.807) is 0 Å². The van der Waals surface area contributed by atoms with Gasteiger partial charge in [0.2, 0.25) is 0 Å². The van der Waals surface area contributed by atoms with Gasteiger partial charge in [0.25, 0.3) is 5.91 Å². The average molecular weight is 329 g/mol. The largest absolute Gasteiger partial charge is 0.379 e. The Labute approximate surface area is 144 Å². The maximum atomic E-state index is 12.8. The van der Waals surface area contributed by atoms with E-state index >= 15 is 0 Å². The number of rotatable bonds is 3. The number of nitrogens with one attached hydrogen (secondary N) is 1. The van der Waals surface area contributed by atoms with Gasteiger partial charge in [-0.3, -0.25) is 9.69 Å². The molecule has 0 spiro atoms. The third-order valence-corrected chi connectivity index (χ3v) is 5.61. The third-order valence-electron chi connectivity index (χ3n) is 5.61. The first-order valence-electron chi connectivity index (χ1n) is 9.21. The third kappa shape index (κ3) is 3.48. The lowest BCUT2D eigenvalue weighted by molar-refractivity contribution is 0.0243. The average Bonchev–Trinajstić information content (AvgIpc) is 3.10. The van der Waals surface area contributed by atoms with Crippen LogP contribution in [0.25, 0.3) is 0 Å². The zero-order chi connectivity index (χ0) is 16.4. The van der Waals surface area contributed by atoms with Crippen LogP contribution in [0.15, 0.2) is 18.2 Å². The molecule has 2 fully saturated rings. The molecule has 24 heavy (non-hydrogen) atoms. The highest BCUT2D eigenvalue weighted by Crippen LogP contribution is 2.22. The van der Waals surface area contributed by atoms with Gasteiger partial charge in [-0.05, 0) is 42.0 Å². The number of carbonyl (C=O) groups excluding carboxylic acids is 1. The van der Waals surface area contributed by atoms with Gasteiger partial charge in [0, 0.05) is 51.4 Å². The summed E-state index contributed by atoms with van der Waals surface area (Å²) in [5, 5.41) is 3.34. The highest BCUT2D eigenvalue weighted by atomic mass is 16.5. The fourth-order valence-corrected chi connectivity index (χ4v) is 4.08. The zero-order valence-electron chi connectivity index (χ0n) is 14.3. The lowest BCUT2D eigenvalue weighted by atomic mass is 9.95. The Kier molecular flexibility index (Phi) is 4.83. The molecule has 1 aromatic rings. The molecule has 1 aromatic carbocycles. The molecule has 0 saturated carbocycles. The first-order chi connectivity index (χ1) is 11.8. The quantitative estimate of drug-likeness (QED) is 0.912. The minimum Gasteiger partial charge on any atom is -0.379 e. The van der Waals surface area contributed by atoms with Gasteiger partial charge in [0.15, 0.2) is 0 Å². The minimum atomic E-state index is 0.203. The smallest absolute Gasteiger partial charge is 0.253 e. The van der Waals surface area contributed by atoms with Crippen LogP contribution >= 0.6 is 0 Å². The van der Waals surface area contributed by atoms with Crippen LogP contribution in [-0.2, 0) is 17.8 Å². The maximum Gasteiger partial charge on any atom is 0.253 e. The number of ether oxygens (including phenoxy) is 1. The minimum absolute atomic E-state index is 0.203. The molecular weight excluding hydrogens is 302 g/mol. The van der Waals surface area contributed by atoms with Gasteiger partial charge >= 0.3 is 0 Å². The van der Waals surface area contributed by atoms with Crippen molar-refractivity contribution in [2.24, 2.45) is 5.92 Å². The van der Waals surface area contributed by atoms with Crippen LogP contribution in [-0.4, -0.2) is 61.6 Å². The van der Waals surface area contributed by atoms with Gasteiger partial charge in [-0.1, -0.05) is 6.07 Å². The van der Waals surface area contributed by atoms with Crippen LogP contribution in [0.1, 0.15) is 34.3 Å². The van der Waals surface area contributed by atoms with E-state index in [0.29, 0.717) is 0 Å². The van der Waals surface area contributed by atoms with Crippen LogP contribution in [0.4, 0.5) is 0 Å². The second kappa shape index (κ2) is 7.21. The molecule has 0 unspecified atom stereocenters. The normalized spacial score (nSPS) is 22.6. The summed E-state index contributed by atoms with van der Waals surface area (Å²) in [6, 6.07) is 6.18. The molecular formula is C19H27N3O2. The molecule has 4 rings (SSSR count). The molecule has 5 nitrogen and oxygen atoms in total. The molecule has 3 heterocycles. The number of carbonyl (C=O) groups is 1. The van der Waals surface area contributed by atoms with Crippen LogP contribution in [0, 0.1) is 5.92 Å². The summed E-state index contributed by atoms with van der Waals surface area (Å²) in [5.41, 5.74) is 3.46. The van der Waals surface area contributed by atoms with E-state index in [4.69, 9.17) is 4.74 Å². The first-order valence-corrected chi connectivity index (χ1v) is 9.21. The fourth-order valence-electron chi connectivity index (χ4n) is 4.08.